The predicted molar refractivity (Wildman–Crippen MR) is 102 cm³/mol. The molecule has 0 unspecified atom stereocenters. The molecule has 5 atom stereocenters. The number of carbonyl (C=O) groups is 5. The highest BCUT2D eigenvalue weighted by Gasteiger charge is 2.29. The van der Waals surface area contributed by atoms with Crippen LogP contribution in [0.5, 0.6) is 0 Å². The first-order valence-electron chi connectivity index (χ1n) is 9.50. The minimum Gasteiger partial charge on any atom is -0.480 e. The molecule has 1 heterocycles. The number of carbonyl (C=O) groups excluding carboxylic acids is 4. The zero-order valence-electron chi connectivity index (χ0n) is 16.8. The van der Waals surface area contributed by atoms with Crippen molar-refractivity contribution in [3.8, 4) is 0 Å². The Labute approximate surface area is 173 Å². The molecule has 1 fully saturated rings. The van der Waals surface area contributed by atoms with Crippen molar-refractivity contribution in [1.29, 1.82) is 0 Å². The highest BCUT2D eigenvalue weighted by molar-refractivity contribution is 5.95. The fraction of sp³-hybridized carbons (Fsp3) is 0.706. The largest absolute Gasteiger partial charge is 0.480 e. The lowest BCUT2D eigenvalue weighted by atomic mass is 10.2. The molecule has 0 radical (unpaired) electrons. The first-order chi connectivity index (χ1) is 14.1. The minimum absolute atomic E-state index is 0.430. The number of rotatable bonds is 11. The SMILES string of the molecule is C[C@H](NC(=O)[C@H](C)NC(=O)[C@H](CO)NC(=O)[C@@H]1CCCN1)C(=O)N[C@@H](CO)C(=O)O. The van der Waals surface area contributed by atoms with Crippen LogP contribution in [0.25, 0.3) is 0 Å². The molecule has 4 amide bonds. The van der Waals surface area contributed by atoms with Gasteiger partial charge in [-0.15, -0.1) is 0 Å². The summed E-state index contributed by atoms with van der Waals surface area (Å²) in [6.07, 6.45) is 1.44. The van der Waals surface area contributed by atoms with Crippen LogP contribution >= 0.6 is 0 Å². The van der Waals surface area contributed by atoms with Gasteiger partial charge in [-0.05, 0) is 33.2 Å². The molecule has 30 heavy (non-hydrogen) atoms. The highest BCUT2D eigenvalue weighted by Crippen LogP contribution is 2.05. The number of carboxylic acids is 1. The highest BCUT2D eigenvalue weighted by atomic mass is 16.4. The molecule has 0 saturated carbocycles. The van der Waals surface area contributed by atoms with Crippen molar-refractivity contribution < 1.29 is 39.3 Å². The van der Waals surface area contributed by atoms with Crippen LogP contribution in [0.15, 0.2) is 0 Å². The van der Waals surface area contributed by atoms with Crippen molar-refractivity contribution in [1.82, 2.24) is 26.6 Å². The standard InChI is InChI=1S/C17H29N5O8/c1-8(13(25)19-9(2)14(26)22-12(7-24)17(29)30)20-16(28)11(6-23)21-15(27)10-4-3-5-18-10/h8-12,18,23-24H,3-7H2,1-2H3,(H,19,25)(H,20,28)(H,21,27)(H,22,26)(H,29,30)/t8-,9-,10-,11-,12-/m0/s1. The van der Waals surface area contributed by atoms with Crippen molar-refractivity contribution in [3.05, 3.63) is 0 Å². The topological polar surface area (TPSA) is 206 Å². The summed E-state index contributed by atoms with van der Waals surface area (Å²) < 4.78 is 0. The number of hydrogen-bond donors (Lipinski definition) is 8. The predicted octanol–water partition coefficient (Wildman–Crippen LogP) is -4.21. The third kappa shape index (κ3) is 7.57. The van der Waals surface area contributed by atoms with E-state index in [0.29, 0.717) is 13.0 Å². The molecule has 0 aliphatic carbocycles. The molecule has 0 aromatic carbocycles. The van der Waals surface area contributed by atoms with Gasteiger partial charge >= 0.3 is 5.97 Å². The fourth-order valence-electron chi connectivity index (χ4n) is 2.64. The lowest BCUT2D eigenvalue weighted by Crippen LogP contribution is -2.58. The van der Waals surface area contributed by atoms with E-state index in [9.17, 15) is 29.1 Å². The Morgan fingerprint density at radius 2 is 1.40 bits per heavy atom. The van der Waals surface area contributed by atoms with E-state index < -0.39 is 73.0 Å². The number of aliphatic hydroxyl groups is 2. The molecule has 1 rings (SSSR count). The summed E-state index contributed by atoms with van der Waals surface area (Å²) in [6.45, 7) is 1.82. The van der Waals surface area contributed by atoms with Crippen LogP contribution in [-0.4, -0.2) is 94.9 Å². The summed E-state index contributed by atoms with van der Waals surface area (Å²) in [7, 11) is 0. The van der Waals surface area contributed by atoms with Crippen molar-refractivity contribution in [3.63, 3.8) is 0 Å². The summed E-state index contributed by atoms with van der Waals surface area (Å²) in [5.41, 5.74) is 0. The van der Waals surface area contributed by atoms with Gasteiger partial charge in [-0.2, -0.15) is 0 Å². The van der Waals surface area contributed by atoms with Crippen LogP contribution in [0.2, 0.25) is 0 Å². The average Bonchev–Trinajstić information content (AvgIpc) is 3.24. The second-order valence-corrected chi connectivity index (χ2v) is 6.94. The lowest BCUT2D eigenvalue weighted by molar-refractivity contribution is -0.143. The first kappa shape index (κ1) is 25.3. The Bertz CT molecular complexity index is 652. The van der Waals surface area contributed by atoms with Gasteiger partial charge in [0.05, 0.1) is 19.3 Å². The van der Waals surface area contributed by atoms with Gasteiger partial charge in [-0.3, -0.25) is 19.2 Å². The van der Waals surface area contributed by atoms with Gasteiger partial charge < -0.3 is 41.9 Å². The molecule has 0 spiro atoms. The van der Waals surface area contributed by atoms with Crippen molar-refractivity contribution in [2.24, 2.45) is 0 Å². The Morgan fingerprint density at radius 1 is 0.867 bits per heavy atom. The quantitative estimate of drug-likeness (QED) is 0.159. The fourth-order valence-corrected chi connectivity index (χ4v) is 2.64. The van der Waals surface area contributed by atoms with E-state index in [1.165, 1.54) is 13.8 Å². The van der Waals surface area contributed by atoms with Crippen LogP contribution in [-0.2, 0) is 24.0 Å². The van der Waals surface area contributed by atoms with Crippen LogP contribution < -0.4 is 26.6 Å². The van der Waals surface area contributed by atoms with Crippen molar-refractivity contribution in [2.45, 2.75) is 56.9 Å². The van der Waals surface area contributed by atoms with Gasteiger partial charge in [0.2, 0.25) is 23.6 Å². The van der Waals surface area contributed by atoms with Crippen LogP contribution in [0, 0.1) is 0 Å². The molecule has 1 saturated heterocycles. The van der Waals surface area contributed by atoms with Crippen LogP contribution in [0.1, 0.15) is 26.7 Å². The number of aliphatic carboxylic acids is 1. The van der Waals surface area contributed by atoms with Crippen LogP contribution in [0.4, 0.5) is 0 Å². The smallest absolute Gasteiger partial charge is 0.328 e. The molecule has 0 aromatic rings. The summed E-state index contributed by atoms with van der Waals surface area (Å²) in [6, 6.07) is -5.47. The molecule has 1 aliphatic heterocycles. The number of carboxylic acid groups (broad SMARTS) is 1. The summed E-state index contributed by atoms with van der Waals surface area (Å²) in [4.78, 5) is 59.3. The second-order valence-electron chi connectivity index (χ2n) is 6.94. The van der Waals surface area contributed by atoms with Gasteiger partial charge in [0.15, 0.2) is 0 Å². The third-order valence-corrected chi connectivity index (χ3v) is 4.49. The number of amides is 4. The summed E-state index contributed by atoms with van der Waals surface area (Å²) in [5.74, 6) is -4.24. The molecule has 1 aliphatic rings. The first-order valence-corrected chi connectivity index (χ1v) is 9.50. The molecule has 170 valence electrons. The monoisotopic (exact) mass is 431 g/mol. The number of hydrogen-bond acceptors (Lipinski definition) is 8. The summed E-state index contributed by atoms with van der Waals surface area (Å²) in [5, 5.41) is 39.2. The molecule has 13 heteroatoms. The second kappa shape index (κ2) is 12.0. The molecule has 13 nitrogen and oxygen atoms in total. The van der Waals surface area contributed by atoms with E-state index in [4.69, 9.17) is 10.2 Å². The Hall–Kier alpha value is -2.77. The average molecular weight is 431 g/mol. The van der Waals surface area contributed by atoms with Crippen molar-refractivity contribution >= 4 is 29.6 Å². The zero-order chi connectivity index (χ0) is 22.8. The minimum atomic E-state index is -1.52. The van der Waals surface area contributed by atoms with Crippen LogP contribution in [0.3, 0.4) is 0 Å². The maximum atomic E-state index is 12.3. The van der Waals surface area contributed by atoms with E-state index in [1.807, 2.05) is 5.32 Å². The number of aliphatic hydroxyl groups excluding tert-OH is 2. The van der Waals surface area contributed by atoms with Crippen molar-refractivity contribution in [2.75, 3.05) is 19.8 Å². The third-order valence-electron chi connectivity index (χ3n) is 4.49. The van der Waals surface area contributed by atoms with E-state index in [-0.39, 0.29) is 0 Å². The van der Waals surface area contributed by atoms with Gasteiger partial charge in [0, 0.05) is 0 Å². The summed E-state index contributed by atoms with van der Waals surface area (Å²) >= 11 is 0. The Morgan fingerprint density at radius 3 is 1.87 bits per heavy atom. The molecule has 0 bridgehead atoms. The van der Waals surface area contributed by atoms with E-state index >= 15 is 0 Å². The van der Waals surface area contributed by atoms with E-state index in [2.05, 4.69) is 21.3 Å². The number of nitrogens with one attached hydrogen (secondary N) is 5. The van der Waals surface area contributed by atoms with Gasteiger partial charge in [-0.1, -0.05) is 0 Å². The molecular weight excluding hydrogens is 402 g/mol. The zero-order valence-corrected chi connectivity index (χ0v) is 16.8. The van der Waals surface area contributed by atoms with Gasteiger partial charge in [-0.25, -0.2) is 4.79 Å². The van der Waals surface area contributed by atoms with Gasteiger partial charge in [0.1, 0.15) is 24.2 Å². The molecule has 8 N–H and O–H groups in total. The lowest BCUT2D eigenvalue weighted by Gasteiger charge is -2.22. The van der Waals surface area contributed by atoms with E-state index in [0.717, 1.165) is 6.42 Å². The maximum Gasteiger partial charge on any atom is 0.328 e. The van der Waals surface area contributed by atoms with Gasteiger partial charge in [0.25, 0.3) is 0 Å². The van der Waals surface area contributed by atoms with E-state index in [1.54, 1.807) is 0 Å². The molecule has 0 aromatic heterocycles. The molecular formula is C17H29N5O8. The maximum absolute atomic E-state index is 12.3. The Balaban J connectivity index is 2.54. The normalized spacial score (nSPS) is 19.7. The Kier molecular flexibility index (Phi) is 10.1.